The molecular formula is C15H19N3O2S. The molecule has 2 fully saturated rings. The van der Waals surface area contributed by atoms with Crippen molar-refractivity contribution in [3.63, 3.8) is 0 Å². The summed E-state index contributed by atoms with van der Waals surface area (Å²) in [7, 11) is -3.52. The van der Waals surface area contributed by atoms with Crippen LogP contribution in [-0.4, -0.2) is 38.4 Å². The quantitative estimate of drug-likeness (QED) is 0.892. The smallest absolute Gasteiger partial charge is 0.243 e. The molecule has 1 aromatic rings. The topological polar surface area (TPSA) is 73.2 Å². The van der Waals surface area contributed by atoms with Gasteiger partial charge >= 0.3 is 0 Å². The van der Waals surface area contributed by atoms with Gasteiger partial charge in [0.25, 0.3) is 0 Å². The Morgan fingerprint density at radius 1 is 1.38 bits per heavy atom. The van der Waals surface area contributed by atoms with Crippen molar-refractivity contribution in [1.29, 1.82) is 5.26 Å². The third-order valence-corrected chi connectivity index (χ3v) is 6.47. The van der Waals surface area contributed by atoms with Gasteiger partial charge in [-0.2, -0.15) is 9.57 Å². The first-order chi connectivity index (χ1) is 10.0. The van der Waals surface area contributed by atoms with Gasteiger partial charge in [-0.1, -0.05) is 6.07 Å². The van der Waals surface area contributed by atoms with E-state index in [4.69, 9.17) is 5.26 Å². The van der Waals surface area contributed by atoms with Crippen molar-refractivity contribution in [2.24, 2.45) is 5.92 Å². The number of benzene rings is 1. The third kappa shape index (κ3) is 2.57. The van der Waals surface area contributed by atoms with Gasteiger partial charge in [-0.3, -0.25) is 0 Å². The Kier molecular flexibility index (Phi) is 3.74. The predicted molar refractivity (Wildman–Crippen MR) is 79.2 cm³/mol. The molecule has 2 atom stereocenters. The van der Waals surface area contributed by atoms with Gasteiger partial charge in [0.05, 0.1) is 16.5 Å². The Bertz CT molecular complexity index is 679. The minimum Gasteiger partial charge on any atom is -0.312 e. The maximum Gasteiger partial charge on any atom is 0.243 e. The molecule has 0 bridgehead atoms. The SMILES string of the molecule is Cc1ccc(C#N)cc1S(=O)(=O)N1C[C@@H]2CCCN[C@@H]2C1. The van der Waals surface area contributed by atoms with Gasteiger partial charge in [0.1, 0.15) is 0 Å². The van der Waals surface area contributed by atoms with E-state index in [-0.39, 0.29) is 10.9 Å². The summed E-state index contributed by atoms with van der Waals surface area (Å²) in [6, 6.07) is 7.12. The summed E-state index contributed by atoms with van der Waals surface area (Å²) in [5.74, 6) is 0.410. The number of hydrogen-bond donors (Lipinski definition) is 1. The van der Waals surface area contributed by atoms with E-state index < -0.39 is 10.0 Å². The van der Waals surface area contributed by atoms with Crippen molar-refractivity contribution < 1.29 is 8.42 Å². The van der Waals surface area contributed by atoms with E-state index >= 15 is 0 Å². The average Bonchev–Trinajstić information content (AvgIpc) is 2.92. The number of hydrogen-bond acceptors (Lipinski definition) is 4. The van der Waals surface area contributed by atoms with Gasteiger partial charge in [0.15, 0.2) is 0 Å². The number of fused-ring (bicyclic) bond motifs is 1. The molecule has 0 amide bonds. The summed E-state index contributed by atoms with van der Waals surface area (Å²) in [5.41, 5.74) is 1.07. The number of nitrogens with one attached hydrogen (secondary N) is 1. The van der Waals surface area contributed by atoms with E-state index in [0.717, 1.165) is 19.4 Å². The molecule has 0 radical (unpaired) electrons. The van der Waals surface area contributed by atoms with Crippen molar-refractivity contribution in [2.75, 3.05) is 19.6 Å². The molecule has 2 heterocycles. The van der Waals surface area contributed by atoms with Crippen molar-refractivity contribution in [1.82, 2.24) is 9.62 Å². The zero-order valence-electron chi connectivity index (χ0n) is 12.0. The molecule has 2 aliphatic rings. The number of nitriles is 1. The maximum absolute atomic E-state index is 12.9. The van der Waals surface area contributed by atoms with Gasteiger partial charge in [-0.05, 0) is 49.9 Å². The van der Waals surface area contributed by atoms with Crippen molar-refractivity contribution in [3.05, 3.63) is 29.3 Å². The zero-order valence-corrected chi connectivity index (χ0v) is 12.9. The maximum atomic E-state index is 12.9. The molecule has 6 heteroatoms. The Labute approximate surface area is 125 Å². The minimum absolute atomic E-state index is 0.264. The molecule has 2 saturated heterocycles. The molecule has 0 saturated carbocycles. The average molecular weight is 305 g/mol. The summed E-state index contributed by atoms with van der Waals surface area (Å²) in [6.07, 6.45) is 2.19. The number of nitrogens with zero attached hydrogens (tertiary/aromatic N) is 2. The Hall–Kier alpha value is -1.42. The fraction of sp³-hybridized carbons (Fsp3) is 0.533. The van der Waals surface area contributed by atoms with Crippen LogP contribution in [0.2, 0.25) is 0 Å². The monoisotopic (exact) mass is 305 g/mol. The van der Waals surface area contributed by atoms with Crippen LogP contribution >= 0.6 is 0 Å². The highest BCUT2D eigenvalue weighted by Gasteiger charge is 2.40. The summed E-state index contributed by atoms with van der Waals surface area (Å²) >= 11 is 0. The van der Waals surface area contributed by atoms with Crippen LogP contribution in [0.25, 0.3) is 0 Å². The summed E-state index contributed by atoms with van der Waals surface area (Å²) < 4.78 is 27.3. The van der Waals surface area contributed by atoms with Gasteiger partial charge in [0.2, 0.25) is 10.0 Å². The van der Waals surface area contributed by atoms with Crippen LogP contribution in [0.3, 0.4) is 0 Å². The van der Waals surface area contributed by atoms with Crippen LogP contribution < -0.4 is 5.32 Å². The van der Waals surface area contributed by atoms with E-state index in [2.05, 4.69) is 5.32 Å². The van der Waals surface area contributed by atoms with Gasteiger partial charge in [-0.25, -0.2) is 8.42 Å². The Balaban J connectivity index is 1.93. The number of piperidine rings is 1. The molecule has 5 nitrogen and oxygen atoms in total. The number of aryl methyl sites for hydroxylation is 1. The highest BCUT2D eigenvalue weighted by atomic mass is 32.2. The van der Waals surface area contributed by atoms with Crippen LogP contribution in [-0.2, 0) is 10.0 Å². The van der Waals surface area contributed by atoms with Crippen LogP contribution in [0.1, 0.15) is 24.0 Å². The van der Waals surface area contributed by atoms with E-state index in [1.54, 1.807) is 23.4 Å². The van der Waals surface area contributed by atoms with Crippen LogP contribution in [0.4, 0.5) is 0 Å². The zero-order chi connectivity index (χ0) is 15.0. The Morgan fingerprint density at radius 3 is 2.90 bits per heavy atom. The molecule has 0 unspecified atom stereocenters. The van der Waals surface area contributed by atoms with E-state index in [9.17, 15) is 8.42 Å². The van der Waals surface area contributed by atoms with E-state index in [1.807, 2.05) is 6.07 Å². The minimum atomic E-state index is -3.52. The molecule has 2 aliphatic heterocycles. The van der Waals surface area contributed by atoms with Crippen molar-refractivity contribution in [2.45, 2.75) is 30.7 Å². The lowest BCUT2D eigenvalue weighted by atomic mass is 9.94. The summed E-state index contributed by atoms with van der Waals surface area (Å²) in [6.45, 7) is 3.85. The van der Waals surface area contributed by atoms with Crippen LogP contribution in [0.5, 0.6) is 0 Å². The third-order valence-electron chi connectivity index (χ3n) is 4.50. The highest BCUT2D eigenvalue weighted by molar-refractivity contribution is 7.89. The molecule has 1 aromatic carbocycles. The Morgan fingerprint density at radius 2 is 2.19 bits per heavy atom. The first-order valence-corrected chi connectivity index (χ1v) is 8.70. The van der Waals surface area contributed by atoms with Gasteiger partial charge < -0.3 is 5.32 Å². The fourth-order valence-corrected chi connectivity index (χ4v) is 5.06. The van der Waals surface area contributed by atoms with Crippen LogP contribution in [0, 0.1) is 24.2 Å². The second kappa shape index (κ2) is 5.41. The van der Waals surface area contributed by atoms with Crippen molar-refractivity contribution in [3.8, 4) is 6.07 Å². The van der Waals surface area contributed by atoms with E-state index in [0.29, 0.717) is 30.1 Å². The first kappa shape index (κ1) is 14.5. The lowest BCUT2D eigenvalue weighted by Gasteiger charge is -2.24. The van der Waals surface area contributed by atoms with Gasteiger partial charge in [-0.15, -0.1) is 0 Å². The molecule has 3 rings (SSSR count). The summed E-state index contributed by atoms with van der Waals surface area (Å²) in [5, 5.41) is 12.4. The lowest BCUT2D eigenvalue weighted by molar-refractivity contribution is 0.339. The second-order valence-corrected chi connectivity index (χ2v) is 7.78. The molecule has 0 aromatic heterocycles. The number of sulfonamides is 1. The van der Waals surface area contributed by atoms with E-state index in [1.165, 1.54) is 6.07 Å². The van der Waals surface area contributed by atoms with Crippen LogP contribution in [0.15, 0.2) is 23.1 Å². The molecule has 21 heavy (non-hydrogen) atoms. The molecular weight excluding hydrogens is 286 g/mol. The van der Waals surface area contributed by atoms with Gasteiger partial charge in [0, 0.05) is 19.1 Å². The standard InChI is InChI=1S/C15H19N3O2S/c1-11-4-5-12(8-16)7-15(11)21(19,20)18-9-13-3-2-6-17-14(13)10-18/h4-5,7,13-14,17H,2-3,6,9-10H2,1H3/t13-,14+/m0/s1. The van der Waals surface area contributed by atoms with Crippen molar-refractivity contribution >= 4 is 10.0 Å². The number of rotatable bonds is 2. The lowest BCUT2D eigenvalue weighted by Crippen LogP contribution is -2.41. The molecule has 0 aliphatic carbocycles. The second-order valence-electron chi connectivity index (χ2n) is 5.88. The highest BCUT2D eigenvalue weighted by Crippen LogP contribution is 2.30. The molecule has 112 valence electrons. The summed E-state index contributed by atoms with van der Waals surface area (Å²) in [4.78, 5) is 0.264. The molecule has 0 spiro atoms. The predicted octanol–water partition coefficient (Wildman–Crippen LogP) is 1.24. The fourth-order valence-electron chi connectivity index (χ4n) is 3.29. The molecule has 1 N–H and O–H groups in total. The first-order valence-electron chi connectivity index (χ1n) is 7.26. The largest absolute Gasteiger partial charge is 0.312 e. The normalized spacial score (nSPS) is 26.3.